The molecule has 0 aromatic carbocycles. The minimum atomic E-state index is -0.725. The van der Waals surface area contributed by atoms with Crippen molar-refractivity contribution >= 4 is 29.3 Å². The Labute approximate surface area is 160 Å². The molecule has 0 radical (unpaired) electrons. The summed E-state index contributed by atoms with van der Waals surface area (Å²) in [6, 6.07) is 1.72. The van der Waals surface area contributed by atoms with E-state index in [0.29, 0.717) is 11.5 Å². The fraction of sp³-hybridized carbons (Fsp3) is 0.611. The molecule has 1 saturated heterocycles. The summed E-state index contributed by atoms with van der Waals surface area (Å²) in [6.07, 6.45) is 2.80. The Morgan fingerprint density at radius 1 is 1.22 bits per heavy atom. The van der Waals surface area contributed by atoms with E-state index in [0.717, 1.165) is 31.6 Å². The van der Waals surface area contributed by atoms with E-state index in [-0.39, 0.29) is 5.69 Å². The van der Waals surface area contributed by atoms with Gasteiger partial charge < -0.3 is 31.2 Å². The summed E-state index contributed by atoms with van der Waals surface area (Å²) in [7, 11) is 3.08. The zero-order valence-electron chi connectivity index (χ0n) is 16.8. The highest BCUT2D eigenvalue weighted by atomic mass is 16.6. The number of methoxy groups -OCH3 is 1. The molecule has 0 unspecified atom stereocenters. The predicted octanol–water partition coefficient (Wildman–Crippen LogP) is 2.36. The van der Waals surface area contributed by atoms with Gasteiger partial charge in [-0.25, -0.2) is 14.6 Å². The van der Waals surface area contributed by atoms with Gasteiger partial charge in [-0.05, 0) is 46.1 Å². The number of amides is 1. The topological polar surface area (TPSA) is 133 Å². The average Bonchev–Trinajstić information content (AvgIpc) is 2.60. The number of ether oxygens (including phenoxy) is 2. The largest absolute Gasteiger partial charge is 0.464 e. The molecule has 9 nitrogen and oxygen atoms in total. The van der Waals surface area contributed by atoms with Crippen molar-refractivity contribution in [3.05, 3.63) is 11.8 Å². The van der Waals surface area contributed by atoms with Crippen molar-refractivity contribution in [3.63, 3.8) is 0 Å². The Morgan fingerprint density at radius 2 is 1.81 bits per heavy atom. The number of pyridine rings is 1. The van der Waals surface area contributed by atoms with Crippen LogP contribution in [0.2, 0.25) is 0 Å². The van der Waals surface area contributed by atoms with Gasteiger partial charge >= 0.3 is 12.1 Å². The molecule has 2 heterocycles. The predicted molar refractivity (Wildman–Crippen MR) is 106 cm³/mol. The van der Waals surface area contributed by atoms with Crippen LogP contribution in [0.15, 0.2) is 6.07 Å². The third kappa shape index (κ3) is 7.20. The number of rotatable bonds is 3. The summed E-state index contributed by atoms with van der Waals surface area (Å²) < 4.78 is 9.31. The lowest BCUT2D eigenvalue weighted by Gasteiger charge is -2.30. The van der Waals surface area contributed by atoms with Crippen LogP contribution in [0.3, 0.4) is 0 Å². The number of carbonyl (C=O) groups excluding carboxylic acids is 2. The quantitative estimate of drug-likeness (QED) is 0.680. The number of aromatic nitrogens is 1. The van der Waals surface area contributed by atoms with Crippen LogP contribution in [-0.2, 0) is 9.47 Å². The standard InChI is InChI=1S/C13H20N4O2.C5H11NO2/c1-15-12-11(14)10(17-6-4-3-5-7-17)8-9(16-12)13(18)19-2;1-5(2,3)8-4(6)7/h8H,3-7,14H2,1-2H3,(H,15,16);1-3H3,(H2,6,7). The van der Waals surface area contributed by atoms with Crippen LogP contribution in [-0.4, -0.2) is 49.9 Å². The summed E-state index contributed by atoms with van der Waals surface area (Å²) in [5.41, 5.74) is 12.1. The number of anilines is 3. The van der Waals surface area contributed by atoms with Crippen molar-refractivity contribution in [1.29, 1.82) is 0 Å². The molecular formula is C18H31N5O4. The molecule has 1 aromatic rings. The number of nitrogens with one attached hydrogen (secondary N) is 1. The fourth-order valence-electron chi connectivity index (χ4n) is 2.64. The molecule has 1 amide bonds. The lowest BCUT2D eigenvalue weighted by atomic mass is 10.1. The van der Waals surface area contributed by atoms with Gasteiger partial charge in [0.1, 0.15) is 5.60 Å². The summed E-state index contributed by atoms with van der Waals surface area (Å²) in [5.74, 6) is 0.0678. The van der Waals surface area contributed by atoms with E-state index < -0.39 is 17.7 Å². The molecule has 1 aliphatic rings. The molecule has 1 aromatic heterocycles. The molecule has 0 atom stereocenters. The van der Waals surface area contributed by atoms with Crippen LogP contribution in [0.1, 0.15) is 50.5 Å². The molecule has 0 saturated carbocycles. The number of primary amides is 1. The first-order valence-electron chi connectivity index (χ1n) is 8.89. The van der Waals surface area contributed by atoms with Gasteiger partial charge in [-0.1, -0.05) is 0 Å². The molecule has 0 spiro atoms. The first-order valence-corrected chi connectivity index (χ1v) is 8.89. The van der Waals surface area contributed by atoms with Crippen LogP contribution >= 0.6 is 0 Å². The monoisotopic (exact) mass is 381 g/mol. The molecule has 0 aliphatic carbocycles. The molecule has 2 rings (SSSR count). The first-order chi connectivity index (χ1) is 12.6. The van der Waals surface area contributed by atoms with E-state index >= 15 is 0 Å². The summed E-state index contributed by atoms with van der Waals surface area (Å²) in [5, 5.41) is 2.92. The van der Waals surface area contributed by atoms with Crippen LogP contribution in [0.5, 0.6) is 0 Å². The molecule has 9 heteroatoms. The lowest BCUT2D eigenvalue weighted by Crippen LogP contribution is -2.30. The molecule has 0 bridgehead atoms. The van der Waals surface area contributed by atoms with Gasteiger partial charge in [-0.3, -0.25) is 0 Å². The fourth-order valence-corrected chi connectivity index (χ4v) is 2.64. The maximum atomic E-state index is 11.7. The van der Waals surface area contributed by atoms with Crippen molar-refractivity contribution in [2.45, 2.75) is 45.6 Å². The highest BCUT2D eigenvalue weighted by Gasteiger charge is 2.20. The van der Waals surface area contributed by atoms with E-state index in [9.17, 15) is 9.59 Å². The Bertz CT molecular complexity index is 652. The summed E-state index contributed by atoms with van der Waals surface area (Å²) in [6.45, 7) is 7.20. The number of carbonyl (C=O) groups is 2. The van der Waals surface area contributed by atoms with Gasteiger partial charge in [-0.15, -0.1) is 0 Å². The number of nitrogens with zero attached hydrogens (tertiary/aromatic N) is 2. The van der Waals surface area contributed by atoms with Crippen molar-refractivity contribution in [1.82, 2.24) is 4.98 Å². The first kappa shape index (κ1) is 22.3. The van der Waals surface area contributed by atoms with Gasteiger partial charge in [-0.2, -0.15) is 0 Å². The Morgan fingerprint density at radius 3 is 2.22 bits per heavy atom. The third-order valence-electron chi connectivity index (χ3n) is 3.77. The zero-order chi connectivity index (χ0) is 20.6. The number of nitrogens with two attached hydrogens (primary N) is 2. The van der Waals surface area contributed by atoms with E-state index in [2.05, 4.69) is 19.9 Å². The van der Waals surface area contributed by atoms with E-state index in [1.54, 1.807) is 33.9 Å². The van der Waals surface area contributed by atoms with Gasteiger partial charge in [0.05, 0.1) is 18.5 Å². The second kappa shape index (κ2) is 9.84. The molecule has 1 fully saturated rings. The Kier molecular flexibility index (Phi) is 8.14. The van der Waals surface area contributed by atoms with Gasteiger partial charge in [0.2, 0.25) is 0 Å². The van der Waals surface area contributed by atoms with Crippen LogP contribution in [0, 0.1) is 0 Å². The highest BCUT2D eigenvalue weighted by Crippen LogP contribution is 2.32. The van der Waals surface area contributed by atoms with Crippen molar-refractivity contribution < 1.29 is 19.1 Å². The van der Waals surface area contributed by atoms with Crippen molar-refractivity contribution in [2.75, 3.05) is 43.2 Å². The number of hydrogen-bond donors (Lipinski definition) is 3. The van der Waals surface area contributed by atoms with Gasteiger partial charge in [0, 0.05) is 20.1 Å². The second-order valence-electron chi connectivity index (χ2n) is 7.11. The highest BCUT2D eigenvalue weighted by molar-refractivity contribution is 5.92. The Hall–Kier alpha value is -2.71. The SMILES string of the molecule is CC(C)(C)OC(N)=O.CNc1nc(C(=O)OC)cc(N2CCCCC2)c1N. The molecule has 27 heavy (non-hydrogen) atoms. The van der Waals surface area contributed by atoms with E-state index in [4.69, 9.17) is 16.2 Å². The van der Waals surface area contributed by atoms with Crippen LogP contribution in [0.25, 0.3) is 0 Å². The maximum absolute atomic E-state index is 11.7. The van der Waals surface area contributed by atoms with Crippen molar-refractivity contribution in [3.8, 4) is 0 Å². The molecular weight excluding hydrogens is 350 g/mol. The minimum Gasteiger partial charge on any atom is -0.464 e. The minimum absolute atomic E-state index is 0.279. The molecule has 152 valence electrons. The van der Waals surface area contributed by atoms with Crippen LogP contribution < -0.4 is 21.7 Å². The number of piperidine rings is 1. The van der Waals surface area contributed by atoms with E-state index in [1.165, 1.54) is 13.5 Å². The molecule has 5 N–H and O–H groups in total. The normalized spacial score (nSPS) is 13.9. The summed E-state index contributed by atoms with van der Waals surface area (Å²) in [4.78, 5) is 28.1. The van der Waals surface area contributed by atoms with E-state index in [1.807, 2.05) is 0 Å². The number of nitrogen functional groups attached to an aromatic ring is 1. The summed E-state index contributed by atoms with van der Waals surface area (Å²) >= 11 is 0. The maximum Gasteiger partial charge on any atom is 0.405 e. The Balaban J connectivity index is 0.000000387. The zero-order valence-corrected chi connectivity index (χ0v) is 16.8. The van der Waals surface area contributed by atoms with Crippen molar-refractivity contribution in [2.24, 2.45) is 5.73 Å². The third-order valence-corrected chi connectivity index (χ3v) is 3.77. The van der Waals surface area contributed by atoms with Crippen LogP contribution in [0.4, 0.5) is 22.0 Å². The number of esters is 1. The smallest absolute Gasteiger partial charge is 0.405 e. The lowest BCUT2D eigenvalue weighted by molar-refractivity contribution is 0.0586. The second-order valence-corrected chi connectivity index (χ2v) is 7.11. The number of hydrogen-bond acceptors (Lipinski definition) is 8. The van der Waals surface area contributed by atoms with Gasteiger partial charge in [0.25, 0.3) is 0 Å². The molecule has 1 aliphatic heterocycles. The van der Waals surface area contributed by atoms with Gasteiger partial charge in [0.15, 0.2) is 11.5 Å². The average molecular weight is 381 g/mol.